The van der Waals surface area contributed by atoms with Crippen LogP contribution in [0.4, 0.5) is 4.39 Å². The molecule has 3 aromatic rings. The lowest BCUT2D eigenvalue weighted by atomic mass is 9.85. The summed E-state index contributed by atoms with van der Waals surface area (Å²) in [7, 11) is 0. The number of aliphatic hydroxyl groups is 2. The van der Waals surface area contributed by atoms with Crippen LogP contribution in [0.15, 0.2) is 48.5 Å². The van der Waals surface area contributed by atoms with Gasteiger partial charge in [-0.2, -0.15) is 0 Å². The van der Waals surface area contributed by atoms with Gasteiger partial charge < -0.3 is 10.2 Å². The summed E-state index contributed by atoms with van der Waals surface area (Å²) in [6.07, 6.45) is 2.94. The van der Waals surface area contributed by atoms with E-state index in [4.69, 9.17) is 4.98 Å². The van der Waals surface area contributed by atoms with Crippen molar-refractivity contribution >= 4 is 0 Å². The number of hydrogen-bond acceptors (Lipinski definition) is 3. The van der Waals surface area contributed by atoms with Crippen LogP contribution in [0.1, 0.15) is 85.7 Å². The average Bonchev–Trinajstić information content (AvgIpc) is 2.79. The van der Waals surface area contributed by atoms with E-state index in [1.165, 1.54) is 12.1 Å². The van der Waals surface area contributed by atoms with Gasteiger partial charge in [0.25, 0.3) is 0 Å². The zero-order valence-corrected chi connectivity index (χ0v) is 19.5. The molecule has 1 atom stereocenters. The summed E-state index contributed by atoms with van der Waals surface area (Å²) in [5.41, 5.74) is 6.73. The van der Waals surface area contributed by atoms with E-state index in [1.54, 1.807) is 12.1 Å². The number of rotatable bonds is 9. The molecule has 0 amide bonds. The highest BCUT2D eigenvalue weighted by molar-refractivity contribution is 5.73. The van der Waals surface area contributed by atoms with Gasteiger partial charge in [0.2, 0.25) is 0 Å². The van der Waals surface area contributed by atoms with Gasteiger partial charge in [0, 0.05) is 11.3 Å². The monoisotopic (exact) mass is 435 g/mol. The van der Waals surface area contributed by atoms with Crippen molar-refractivity contribution in [2.45, 2.75) is 72.0 Å². The van der Waals surface area contributed by atoms with E-state index in [2.05, 4.69) is 6.92 Å². The minimum absolute atomic E-state index is 0.0602. The van der Waals surface area contributed by atoms with Gasteiger partial charge in [-0.05, 0) is 60.1 Å². The van der Waals surface area contributed by atoms with Crippen molar-refractivity contribution in [3.8, 4) is 11.1 Å². The Morgan fingerprint density at radius 1 is 0.906 bits per heavy atom. The van der Waals surface area contributed by atoms with E-state index in [9.17, 15) is 14.6 Å². The van der Waals surface area contributed by atoms with Crippen LogP contribution < -0.4 is 0 Å². The summed E-state index contributed by atoms with van der Waals surface area (Å²) in [5.74, 6) is -0.241. The number of pyridine rings is 1. The third-order valence-corrected chi connectivity index (χ3v) is 5.98. The minimum atomic E-state index is -0.878. The summed E-state index contributed by atoms with van der Waals surface area (Å²) in [6, 6.07) is 14.2. The molecule has 1 aromatic heterocycles. The summed E-state index contributed by atoms with van der Waals surface area (Å²) in [6.45, 7) is 8.09. The van der Waals surface area contributed by atoms with Crippen molar-refractivity contribution in [3.63, 3.8) is 0 Å². The van der Waals surface area contributed by atoms with Gasteiger partial charge in [-0.15, -0.1) is 0 Å². The highest BCUT2D eigenvalue weighted by Crippen LogP contribution is 2.38. The first-order valence-corrected chi connectivity index (χ1v) is 11.5. The second kappa shape index (κ2) is 10.8. The molecule has 2 N–H and O–H groups in total. The van der Waals surface area contributed by atoms with E-state index in [1.807, 2.05) is 45.0 Å². The average molecular weight is 436 g/mol. The molecule has 170 valence electrons. The molecular formula is C28H34FNO2. The molecule has 0 saturated heterocycles. The van der Waals surface area contributed by atoms with Gasteiger partial charge in [-0.1, -0.05) is 75.6 Å². The zero-order chi connectivity index (χ0) is 23.3. The Bertz CT molecular complexity index is 1030. The number of aromatic nitrogens is 1. The standard InChI is InChI=1S/C28H34FNO2/c1-5-6-7-8-23-25(20-13-15-22(29)16-14-20)24(17-31)26(18(2)3)30-27(23)28(32)21-11-9-19(4)10-12-21/h9-16,18,28,31-32H,5-8,17H2,1-4H3. The molecule has 0 fully saturated rings. The SMILES string of the molecule is CCCCCc1c(C(O)c2ccc(C)cc2)nc(C(C)C)c(CO)c1-c1ccc(F)cc1. The second-order valence-electron chi connectivity index (χ2n) is 8.80. The van der Waals surface area contributed by atoms with Crippen LogP contribution in [0.2, 0.25) is 0 Å². The van der Waals surface area contributed by atoms with Crippen LogP contribution in [-0.2, 0) is 13.0 Å². The first-order chi connectivity index (χ1) is 15.4. The topological polar surface area (TPSA) is 53.4 Å². The van der Waals surface area contributed by atoms with Gasteiger partial charge in [0.1, 0.15) is 11.9 Å². The molecule has 0 aliphatic heterocycles. The van der Waals surface area contributed by atoms with Crippen LogP contribution in [0, 0.1) is 12.7 Å². The normalized spacial score (nSPS) is 12.4. The highest BCUT2D eigenvalue weighted by Gasteiger charge is 2.26. The number of benzene rings is 2. The van der Waals surface area contributed by atoms with Gasteiger partial charge in [-0.3, -0.25) is 4.98 Å². The first-order valence-electron chi connectivity index (χ1n) is 11.5. The van der Waals surface area contributed by atoms with Gasteiger partial charge in [-0.25, -0.2) is 4.39 Å². The third-order valence-electron chi connectivity index (χ3n) is 5.98. The molecule has 0 aliphatic rings. The Morgan fingerprint density at radius 3 is 2.12 bits per heavy atom. The first kappa shape index (κ1) is 24.1. The molecule has 4 heteroatoms. The van der Waals surface area contributed by atoms with E-state index < -0.39 is 6.10 Å². The summed E-state index contributed by atoms with van der Waals surface area (Å²) < 4.78 is 13.7. The number of aryl methyl sites for hydroxylation is 1. The Balaban J connectivity index is 2.30. The Kier molecular flexibility index (Phi) is 8.16. The predicted octanol–water partition coefficient (Wildman–Crippen LogP) is 6.63. The molecule has 3 rings (SSSR count). The molecule has 2 aromatic carbocycles. The highest BCUT2D eigenvalue weighted by atomic mass is 19.1. The van der Waals surface area contributed by atoms with Gasteiger partial charge >= 0.3 is 0 Å². The molecule has 0 saturated carbocycles. The van der Waals surface area contributed by atoms with Gasteiger partial charge in [0.15, 0.2) is 0 Å². The van der Waals surface area contributed by atoms with E-state index >= 15 is 0 Å². The van der Waals surface area contributed by atoms with Crippen LogP contribution in [0.3, 0.4) is 0 Å². The summed E-state index contributed by atoms with van der Waals surface area (Å²) >= 11 is 0. The smallest absolute Gasteiger partial charge is 0.123 e. The fourth-order valence-electron chi connectivity index (χ4n) is 4.24. The molecule has 0 bridgehead atoms. The molecular weight excluding hydrogens is 401 g/mol. The lowest BCUT2D eigenvalue weighted by Gasteiger charge is -2.25. The van der Waals surface area contributed by atoms with E-state index in [0.717, 1.165) is 64.8 Å². The molecule has 1 unspecified atom stereocenters. The lowest BCUT2D eigenvalue weighted by molar-refractivity contribution is 0.213. The van der Waals surface area contributed by atoms with E-state index in [-0.39, 0.29) is 18.3 Å². The van der Waals surface area contributed by atoms with Crippen LogP contribution in [0.5, 0.6) is 0 Å². The maximum absolute atomic E-state index is 13.7. The number of unbranched alkanes of at least 4 members (excludes halogenated alkanes) is 2. The second-order valence-corrected chi connectivity index (χ2v) is 8.80. The number of nitrogens with zero attached hydrogens (tertiary/aromatic N) is 1. The minimum Gasteiger partial charge on any atom is -0.392 e. The summed E-state index contributed by atoms with van der Waals surface area (Å²) in [4.78, 5) is 4.94. The van der Waals surface area contributed by atoms with Crippen LogP contribution in [-0.4, -0.2) is 15.2 Å². The number of hydrogen-bond donors (Lipinski definition) is 2. The Hall–Kier alpha value is -2.56. The van der Waals surface area contributed by atoms with E-state index in [0.29, 0.717) is 5.69 Å². The number of aliphatic hydroxyl groups excluding tert-OH is 2. The Morgan fingerprint density at radius 2 is 1.56 bits per heavy atom. The molecule has 0 aliphatic carbocycles. The van der Waals surface area contributed by atoms with Crippen LogP contribution >= 0.6 is 0 Å². The summed E-state index contributed by atoms with van der Waals surface area (Å²) in [5, 5.41) is 21.8. The largest absolute Gasteiger partial charge is 0.392 e. The molecule has 1 heterocycles. The molecule has 0 radical (unpaired) electrons. The Labute approximate surface area is 191 Å². The van der Waals surface area contributed by atoms with Crippen molar-refractivity contribution in [3.05, 3.63) is 88.0 Å². The molecule has 0 spiro atoms. The maximum atomic E-state index is 13.7. The van der Waals surface area contributed by atoms with Crippen molar-refractivity contribution in [2.24, 2.45) is 0 Å². The van der Waals surface area contributed by atoms with Crippen molar-refractivity contribution in [1.82, 2.24) is 4.98 Å². The van der Waals surface area contributed by atoms with Crippen LogP contribution in [0.25, 0.3) is 11.1 Å². The van der Waals surface area contributed by atoms with Gasteiger partial charge in [0.05, 0.1) is 12.3 Å². The fourth-order valence-corrected chi connectivity index (χ4v) is 4.24. The maximum Gasteiger partial charge on any atom is 0.123 e. The number of halogens is 1. The predicted molar refractivity (Wildman–Crippen MR) is 128 cm³/mol. The van der Waals surface area contributed by atoms with Crippen molar-refractivity contribution in [2.75, 3.05) is 0 Å². The molecule has 3 nitrogen and oxygen atoms in total. The van der Waals surface area contributed by atoms with Crippen molar-refractivity contribution in [1.29, 1.82) is 0 Å². The quantitative estimate of drug-likeness (QED) is 0.371. The zero-order valence-electron chi connectivity index (χ0n) is 19.5. The van der Waals surface area contributed by atoms with Crippen molar-refractivity contribution < 1.29 is 14.6 Å². The molecule has 32 heavy (non-hydrogen) atoms. The third kappa shape index (κ3) is 5.25. The fraction of sp³-hybridized carbons (Fsp3) is 0.393. The lowest BCUT2D eigenvalue weighted by Crippen LogP contribution is -2.15.